The molecule has 1 aliphatic heterocycles. The molecule has 4 aromatic carbocycles. The lowest BCUT2D eigenvalue weighted by atomic mass is 9.91. The molecule has 0 N–H and O–H groups in total. The van der Waals surface area contributed by atoms with Gasteiger partial charge in [-0.15, -0.1) is 0 Å². The molecule has 0 unspecified atom stereocenters. The molecule has 0 radical (unpaired) electrons. The number of nitrogens with zero attached hydrogens (tertiary/aromatic N) is 3. The Labute approximate surface area is 279 Å². The van der Waals surface area contributed by atoms with Crippen LogP contribution in [-0.4, -0.2) is 21.7 Å². The van der Waals surface area contributed by atoms with Gasteiger partial charge in [0.05, 0.1) is 38.5 Å². The molecular formula is C37H29Cl2N3O3S. The normalized spacial score (nSPS) is 15.0. The number of esters is 1. The van der Waals surface area contributed by atoms with Gasteiger partial charge in [-0.1, -0.05) is 101 Å². The van der Waals surface area contributed by atoms with Gasteiger partial charge in [0.25, 0.3) is 5.56 Å². The minimum Gasteiger partial charge on any atom is -0.463 e. The molecule has 0 saturated carbocycles. The Bertz CT molecular complexity index is 2410. The molecule has 1 aliphatic rings. The van der Waals surface area contributed by atoms with E-state index in [0.717, 1.165) is 44.1 Å². The number of hydrogen-bond donors (Lipinski definition) is 0. The molecule has 0 bridgehead atoms. The Morgan fingerprint density at radius 2 is 1.70 bits per heavy atom. The lowest BCUT2D eigenvalue weighted by Gasteiger charge is -2.25. The number of allylic oxidation sites excluding steroid dienone is 1. The molecule has 0 fully saturated rings. The van der Waals surface area contributed by atoms with Gasteiger partial charge in [-0.2, -0.15) is 0 Å². The summed E-state index contributed by atoms with van der Waals surface area (Å²) in [7, 11) is 0. The third-order valence-electron chi connectivity index (χ3n) is 8.51. The minimum atomic E-state index is -0.694. The minimum absolute atomic E-state index is 0.211. The molecular weight excluding hydrogens is 637 g/mol. The highest BCUT2D eigenvalue weighted by Gasteiger charge is 2.34. The van der Waals surface area contributed by atoms with Crippen LogP contribution in [0.3, 0.4) is 0 Å². The fraction of sp³-hybridized carbons (Fsp3) is 0.162. The zero-order valence-corrected chi connectivity index (χ0v) is 27.7. The Hall–Kier alpha value is -4.43. The fourth-order valence-corrected chi connectivity index (χ4v) is 7.72. The van der Waals surface area contributed by atoms with Crippen molar-refractivity contribution in [3.8, 4) is 0 Å². The first kappa shape index (κ1) is 30.2. The van der Waals surface area contributed by atoms with Crippen LogP contribution >= 0.6 is 34.5 Å². The highest BCUT2D eigenvalue weighted by Crippen LogP contribution is 2.35. The van der Waals surface area contributed by atoms with Crippen LogP contribution in [-0.2, 0) is 16.1 Å². The number of halogens is 2. The summed E-state index contributed by atoms with van der Waals surface area (Å²) in [4.78, 5) is 33.2. The first-order valence-corrected chi connectivity index (χ1v) is 16.5. The van der Waals surface area contributed by atoms with E-state index in [1.165, 1.54) is 11.3 Å². The summed E-state index contributed by atoms with van der Waals surface area (Å²) >= 11 is 13.8. The van der Waals surface area contributed by atoms with Gasteiger partial charge in [0.15, 0.2) is 4.80 Å². The number of thiazole rings is 1. The number of fused-ring (bicyclic) bond motifs is 3. The highest BCUT2D eigenvalue weighted by molar-refractivity contribution is 7.07. The summed E-state index contributed by atoms with van der Waals surface area (Å²) in [5.74, 6) is -0.475. The number of benzene rings is 4. The number of aromatic nitrogens is 2. The molecule has 3 heterocycles. The second-order valence-corrected chi connectivity index (χ2v) is 13.0. The van der Waals surface area contributed by atoms with Crippen molar-refractivity contribution in [3.63, 3.8) is 0 Å². The van der Waals surface area contributed by atoms with Crippen LogP contribution in [0.25, 0.3) is 27.8 Å². The van der Waals surface area contributed by atoms with Crippen molar-refractivity contribution in [2.75, 3.05) is 6.61 Å². The van der Waals surface area contributed by atoms with E-state index < -0.39 is 12.0 Å². The number of rotatable bonds is 6. The topological polar surface area (TPSA) is 65.6 Å². The van der Waals surface area contributed by atoms with Gasteiger partial charge in [-0.25, -0.2) is 9.79 Å². The average Bonchev–Trinajstić information content (AvgIpc) is 3.50. The fourth-order valence-electron chi connectivity index (χ4n) is 6.37. The van der Waals surface area contributed by atoms with Gasteiger partial charge in [0.2, 0.25) is 0 Å². The van der Waals surface area contributed by atoms with E-state index >= 15 is 0 Å². The van der Waals surface area contributed by atoms with Crippen LogP contribution in [0.5, 0.6) is 0 Å². The molecule has 0 saturated heterocycles. The summed E-state index contributed by atoms with van der Waals surface area (Å²) in [5, 5.41) is 4.03. The molecule has 9 heteroatoms. The first-order chi connectivity index (χ1) is 22.3. The predicted molar refractivity (Wildman–Crippen MR) is 187 cm³/mol. The van der Waals surface area contributed by atoms with Crippen LogP contribution in [0, 0.1) is 6.92 Å². The van der Waals surface area contributed by atoms with Gasteiger partial charge in [-0.05, 0) is 66.9 Å². The summed E-state index contributed by atoms with van der Waals surface area (Å²) in [6, 6.07) is 27.1. The van der Waals surface area contributed by atoms with Crippen molar-refractivity contribution in [1.29, 1.82) is 0 Å². The number of hydrogen-bond acceptors (Lipinski definition) is 5. The number of ether oxygens (including phenoxy) is 1. The molecule has 46 heavy (non-hydrogen) atoms. The maximum Gasteiger partial charge on any atom is 0.338 e. The van der Waals surface area contributed by atoms with Crippen LogP contribution in [0.15, 0.2) is 106 Å². The standard InChI is InChI=1S/C37H29Cl2N3O3S/c1-4-45-36(44)33-21(2)40-37-42(34(33)27-14-9-11-24-10-5-6-12-25(24)27)35(43)32(46-37)19-28-22(3)41(31-15-8-7-13-26(28)31)20-23-16-17-29(38)30(39)18-23/h5-19,34H,4,20H2,1-3H3/b32-19+/t34-/m1/s1. The van der Waals surface area contributed by atoms with Crippen LogP contribution in [0.1, 0.15) is 42.3 Å². The summed E-state index contributed by atoms with van der Waals surface area (Å²) in [5.41, 5.74) is 5.55. The van der Waals surface area contributed by atoms with Gasteiger partial charge in [0, 0.05) is 28.7 Å². The van der Waals surface area contributed by atoms with E-state index in [4.69, 9.17) is 32.9 Å². The third kappa shape index (κ3) is 5.09. The second-order valence-electron chi connectivity index (χ2n) is 11.2. The highest BCUT2D eigenvalue weighted by atomic mass is 35.5. The van der Waals surface area contributed by atoms with Gasteiger partial charge >= 0.3 is 5.97 Å². The predicted octanol–water partition coefficient (Wildman–Crippen LogP) is 7.57. The molecule has 6 nitrogen and oxygen atoms in total. The molecule has 6 aromatic rings. The Balaban J connectivity index is 1.44. The van der Waals surface area contributed by atoms with Gasteiger partial charge < -0.3 is 9.30 Å². The van der Waals surface area contributed by atoms with Crippen molar-refractivity contribution in [1.82, 2.24) is 9.13 Å². The van der Waals surface area contributed by atoms with E-state index in [2.05, 4.69) is 23.6 Å². The van der Waals surface area contributed by atoms with Crippen molar-refractivity contribution in [3.05, 3.63) is 148 Å². The van der Waals surface area contributed by atoms with Crippen LogP contribution < -0.4 is 14.9 Å². The van der Waals surface area contributed by atoms with Crippen molar-refractivity contribution < 1.29 is 9.53 Å². The molecule has 2 aromatic heterocycles. The maximum absolute atomic E-state index is 14.5. The lowest BCUT2D eigenvalue weighted by Crippen LogP contribution is -2.40. The average molecular weight is 667 g/mol. The Morgan fingerprint density at radius 1 is 0.957 bits per heavy atom. The van der Waals surface area contributed by atoms with E-state index in [1.54, 1.807) is 17.6 Å². The monoisotopic (exact) mass is 665 g/mol. The Kier molecular flexibility index (Phi) is 7.93. The summed E-state index contributed by atoms with van der Waals surface area (Å²) < 4.78 is 9.91. The third-order valence-corrected chi connectivity index (χ3v) is 10.2. The summed E-state index contributed by atoms with van der Waals surface area (Å²) in [6.07, 6.45) is 1.95. The molecule has 7 rings (SSSR count). The number of carbonyl (C=O) groups is 1. The first-order valence-electron chi connectivity index (χ1n) is 15.0. The maximum atomic E-state index is 14.5. The summed E-state index contributed by atoms with van der Waals surface area (Å²) in [6.45, 7) is 6.44. The van der Waals surface area contributed by atoms with Gasteiger partial charge in [-0.3, -0.25) is 9.36 Å². The van der Waals surface area contributed by atoms with E-state index in [9.17, 15) is 9.59 Å². The lowest BCUT2D eigenvalue weighted by molar-refractivity contribution is -0.139. The van der Waals surface area contributed by atoms with Crippen molar-refractivity contribution >= 4 is 68.3 Å². The molecule has 0 spiro atoms. The zero-order chi connectivity index (χ0) is 32.1. The largest absolute Gasteiger partial charge is 0.463 e. The van der Waals surface area contributed by atoms with E-state index in [0.29, 0.717) is 37.2 Å². The quantitative estimate of drug-likeness (QED) is 0.172. The smallest absolute Gasteiger partial charge is 0.338 e. The van der Waals surface area contributed by atoms with E-state index in [1.807, 2.05) is 79.7 Å². The molecule has 0 aliphatic carbocycles. The Morgan fingerprint density at radius 3 is 2.48 bits per heavy atom. The van der Waals surface area contributed by atoms with Crippen molar-refractivity contribution in [2.24, 2.45) is 4.99 Å². The van der Waals surface area contributed by atoms with Gasteiger partial charge in [0.1, 0.15) is 0 Å². The zero-order valence-electron chi connectivity index (χ0n) is 25.4. The second kappa shape index (κ2) is 12.1. The van der Waals surface area contributed by atoms with E-state index in [-0.39, 0.29) is 12.2 Å². The van der Waals surface area contributed by atoms with Crippen LogP contribution in [0.4, 0.5) is 0 Å². The SMILES string of the molecule is CCOC(=O)C1=C(C)N=c2s/c(=C/c3c(C)n(Cc4ccc(Cl)c(Cl)c4)c4ccccc34)c(=O)n2[C@@H]1c1cccc2ccccc12. The molecule has 1 atom stereocenters. The molecule has 230 valence electrons. The molecule has 0 amide bonds. The van der Waals surface area contributed by atoms with Crippen LogP contribution in [0.2, 0.25) is 10.0 Å². The van der Waals surface area contributed by atoms with Crippen molar-refractivity contribution in [2.45, 2.75) is 33.4 Å². The number of carbonyl (C=O) groups excluding carboxylic acids is 1. The number of para-hydroxylation sites is 1.